The molecule has 2 nitrogen and oxygen atoms in total. The molecule has 0 saturated carbocycles. The van der Waals surface area contributed by atoms with Gasteiger partial charge in [-0.3, -0.25) is 0 Å². The van der Waals surface area contributed by atoms with Crippen molar-refractivity contribution in [2.45, 2.75) is 32.5 Å². The van der Waals surface area contributed by atoms with Gasteiger partial charge in [-0.15, -0.1) is 0 Å². The summed E-state index contributed by atoms with van der Waals surface area (Å²) >= 11 is 0. The van der Waals surface area contributed by atoms with E-state index in [-0.39, 0.29) is 13.2 Å². The van der Waals surface area contributed by atoms with Crippen molar-refractivity contribution in [1.82, 2.24) is 0 Å². The first-order chi connectivity index (χ1) is 6.02. The second kappa shape index (κ2) is 6.39. The number of halogens is 3. The van der Waals surface area contributed by atoms with E-state index in [1.165, 1.54) is 0 Å². The molecule has 13 heavy (non-hydrogen) atoms. The molecule has 0 fully saturated rings. The molecule has 6 heteroatoms. The fraction of sp³-hybridized carbons (Fsp3) is 1.00. The number of hydrogen-bond acceptors (Lipinski definition) is 2. The molecule has 0 amide bonds. The largest absolute Gasteiger partial charge is 0.442 e. The van der Waals surface area contributed by atoms with E-state index in [1.54, 1.807) is 13.8 Å². The van der Waals surface area contributed by atoms with Crippen LogP contribution in [-0.4, -0.2) is 28.3 Å². The van der Waals surface area contributed by atoms with Gasteiger partial charge in [-0.1, -0.05) is 13.8 Å². The summed E-state index contributed by atoms with van der Waals surface area (Å²) in [7, 11) is -3.46. The first-order valence-electron chi connectivity index (χ1n) is 4.32. The third-order valence-electron chi connectivity index (χ3n) is 1.21. The first kappa shape index (κ1) is 12.9. The third kappa shape index (κ3) is 6.06. The maximum absolute atomic E-state index is 12.2. The third-order valence-corrected chi connectivity index (χ3v) is 2.83. The molecule has 0 unspecified atom stereocenters. The Labute approximate surface area is 77.9 Å². The normalized spacial score (nSPS) is 12.5. The molecule has 0 aliphatic heterocycles. The summed E-state index contributed by atoms with van der Waals surface area (Å²) in [5, 5.41) is 0. The summed E-state index contributed by atoms with van der Waals surface area (Å²) < 4.78 is 45.8. The smallest absolute Gasteiger partial charge is 0.391 e. The van der Waals surface area contributed by atoms with E-state index < -0.39 is 15.1 Å². The van der Waals surface area contributed by atoms with Crippen molar-refractivity contribution in [3.05, 3.63) is 0 Å². The van der Waals surface area contributed by atoms with Crippen LogP contribution in [-0.2, 0) is 8.85 Å². The highest BCUT2D eigenvalue weighted by atomic mass is 28.3. The van der Waals surface area contributed by atoms with E-state index in [1.807, 2.05) is 0 Å². The highest BCUT2D eigenvalue weighted by Crippen LogP contribution is 2.20. The second-order valence-electron chi connectivity index (χ2n) is 2.62. The Morgan fingerprint density at radius 1 is 1.00 bits per heavy atom. The van der Waals surface area contributed by atoms with Crippen LogP contribution in [0.25, 0.3) is 0 Å². The Morgan fingerprint density at radius 2 is 1.38 bits per heavy atom. The Balaban J connectivity index is 3.88. The fourth-order valence-corrected chi connectivity index (χ4v) is 2.06. The van der Waals surface area contributed by atoms with Crippen molar-refractivity contribution >= 4 is 9.28 Å². The minimum absolute atomic E-state index is 0.125. The molecular weight excluding hydrogens is 201 g/mol. The van der Waals surface area contributed by atoms with Crippen LogP contribution in [0, 0.1) is 0 Å². The van der Waals surface area contributed by atoms with Crippen molar-refractivity contribution in [2.75, 3.05) is 13.2 Å². The highest BCUT2D eigenvalue weighted by Gasteiger charge is 2.45. The zero-order valence-electron chi connectivity index (χ0n) is 7.86. The second-order valence-corrected chi connectivity index (χ2v) is 4.60. The van der Waals surface area contributed by atoms with Gasteiger partial charge in [-0.05, 0) is 12.8 Å². The number of hydrogen-bond donors (Lipinski definition) is 0. The van der Waals surface area contributed by atoms with Gasteiger partial charge in [0.25, 0.3) is 0 Å². The lowest BCUT2D eigenvalue weighted by atomic mass is 10.5. The molecule has 0 aromatic heterocycles. The summed E-state index contributed by atoms with van der Waals surface area (Å²) in [6, 6.07) is 0. The molecule has 0 radical (unpaired) electrons. The predicted octanol–water partition coefficient (Wildman–Crippen LogP) is 2.16. The topological polar surface area (TPSA) is 18.5 Å². The van der Waals surface area contributed by atoms with E-state index >= 15 is 0 Å². The van der Waals surface area contributed by atoms with E-state index in [0.717, 1.165) is 0 Å². The maximum Gasteiger partial charge on any atom is 0.442 e. The molecule has 0 heterocycles. The van der Waals surface area contributed by atoms with Crippen LogP contribution in [0.1, 0.15) is 26.7 Å². The quantitative estimate of drug-likeness (QED) is 0.633. The lowest BCUT2D eigenvalue weighted by Crippen LogP contribution is -2.40. The predicted molar refractivity (Wildman–Crippen MR) is 45.7 cm³/mol. The lowest BCUT2D eigenvalue weighted by molar-refractivity contribution is -0.0876. The standard InChI is InChI=1S/C7H15F3O2Si/c1-3-5-11-13(7(8,9)10)12-6-4-2/h13H,3-6H2,1-2H3. The van der Waals surface area contributed by atoms with E-state index in [2.05, 4.69) is 8.85 Å². The van der Waals surface area contributed by atoms with Crippen molar-refractivity contribution in [2.24, 2.45) is 0 Å². The molecule has 0 N–H and O–H groups in total. The van der Waals surface area contributed by atoms with Crippen molar-refractivity contribution in [1.29, 1.82) is 0 Å². The summed E-state index contributed by atoms with van der Waals surface area (Å²) in [4.78, 5) is 0. The van der Waals surface area contributed by atoms with Crippen LogP contribution in [0.3, 0.4) is 0 Å². The molecule has 0 rings (SSSR count). The molecule has 0 saturated heterocycles. The summed E-state index contributed by atoms with van der Waals surface area (Å²) in [5.74, 6) is -4.29. The molecular formula is C7H15F3O2Si. The Kier molecular flexibility index (Phi) is 6.36. The Hall–Kier alpha value is -0.0731. The van der Waals surface area contributed by atoms with Crippen LogP contribution in [0.5, 0.6) is 0 Å². The van der Waals surface area contributed by atoms with Crippen LogP contribution >= 0.6 is 0 Å². The zero-order valence-corrected chi connectivity index (χ0v) is 9.01. The molecule has 0 atom stereocenters. The van der Waals surface area contributed by atoms with Gasteiger partial charge in [0.1, 0.15) is 0 Å². The number of rotatable bonds is 6. The van der Waals surface area contributed by atoms with Gasteiger partial charge < -0.3 is 8.85 Å². The minimum atomic E-state index is -4.29. The summed E-state index contributed by atoms with van der Waals surface area (Å²) in [6.45, 7) is 3.78. The average Bonchev–Trinajstić information content (AvgIpc) is 2.02. The van der Waals surface area contributed by atoms with Crippen LogP contribution in [0.15, 0.2) is 0 Å². The molecule has 0 aromatic rings. The molecule has 0 aliphatic rings. The van der Waals surface area contributed by atoms with Crippen molar-refractivity contribution in [3.63, 3.8) is 0 Å². The summed E-state index contributed by atoms with van der Waals surface area (Å²) in [5.41, 5.74) is 0. The van der Waals surface area contributed by atoms with E-state index in [0.29, 0.717) is 12.8 Å². The number of alkyl halides is 3. The Morgan fingerprint density at radius 3 is 1.62 bits per heavy atom. The van der Waals surface area contributed by atoms with Gasteiger partial charge in [-0.2, -0.15) is 13.2 Å². The molecule has 0 spiro atoms. The van der Waals surface area contributed by atoms with Crippen molar-refractivity contribution in [3.8, 4) is 0 Å². The molecule has 0 aromatic carbocycles. The van der Waals surface area contributed by atoms with E-state index in [4.69, 9.17) is 0 Å². The molecule has 0 bridgehead atoms. The SMILES string of the molecule is CCCO[SiH](OCCC)C(F)(F)F. The monoisotopic (exact) mass is 216 g/mol. The maximum atomic E-state index is 12.2. The van der Waals surface area contributed by atoms with Gasteiger partial charge >= 0.3 is 15.1 Å². The van der Waals surface area contributed by atoms with Crippen LogP contribution < -0.4 is 0 Å². The van der Waals surface area contributed by atoms with Gasteiger partial charge in [0.05, 0.1) is 0 Å². The zero-order chi connectivity index (χ0) is 10.3. The minimum Gasteiger partial charge on any atom is -0.391 e. The van der Waals surface area contributed by atoms with Gasteiger partial charge in [0.2, 0.25) is 0 Å². The lowest BCUT2D eigenvalue weighted by Gasteiger charge is -2.18. The Bertz CT molecular complexity index is 121. The van der Waals surface area contributed by atoms with Crippen molar-refractivity contribution < 1.29 is 22.0 Å². The fourth-order valence-electron chi connectivity index (χ4n) is 0.687. The van der Waals surface area contributed by atoms with Crippen LogP contribution in [0.2, 0.25) is 0 Å². The van der Waals surface area contributed by atoms with Crippen LogP contribution in [0.4, 0.5) is 13.2 Å². The molecule has 0 aliphatic carbocycles. The van der Waals surface area contributed by atoms with Gasteiger partial charge in [0.15, 0.2) is 0 Å². The average molecular weight is 216 g/mol. The highest BCUT2D eigenvalue weighted by molar-refractivity contribution is 6.46. The van der Waals surface area contributed by atoms with Gasteiger partial charge in [-0.25, -0.2) is 0 Å². The first-order valence-corrected chi connectivity index (χ1v) is 5.84. The molecule has 80 valence electrons. The van der Waals surface area contributed by atoms with E-state index in [9.17, 15) is 13.2 Å². The van der Waals surface area contributed by atoms with Gasteiger partial charge in [0, 0.05) is 13.2 Å². The summed E-state index contributed by atoms with van der Waals surface area (Å²) in [6.07, 6.45) is 1.16.